The average molecular weight is 519 g/mol. The lowest BCUT2D eigenvalue weighted by atomic mass is 10.3. The van der Waals surface area contributed by atoms with E-state index in [9.17, 15) is 13.2 Å². The molecule has 0 aliphatic rings. The number of amides is 1. The summed E-state index contributed by atoms with van der Waals surface area (Å²) < 4.78 is 34.2. The summed E-state index contributed by atoms with van der Waals surface area (Å²) in [5, 5.41) is 7.67. The molecule has 0 aliphatic heterocycles. The van der Waals surface area contributed by atoms with E-state index in [-0.39, 0.29) is 23.3 Å². The monoisotopic (exact) mass is 518 g/mol. The van der Waals surface area contributed by atoms with Crippen molar-refractivity contribution in [3.05, 3.63) is 88.9 Å². The van der Waals surface area contributed by atoms with Gasteiger partial charge in [-0.2, -0.15) is 5.10 Å². The zero-order chi connectivity index (χ0) is 24.1. The molecule has 4 aromatic rings. The van der Waals surface area contributed by atoms with Crippen molar-refractivity contribution in [1.82, 2.24) is 19.7 Å². The van der Waals surface area contributed by atoms with Crippen LogP contribution < -0.4 is 14.8 Å². The maximum absolute atomic E-state index is 12.5. The quantitative estimate of drug-likeness (QED) is 0.359. The Morgan fingerprint density at radius 2 is 1.76 bits per heavy atom. The van der Waals surface area contributed by atoms with Crippen molar-refractivity contribution >= 4 is 50.8 Å². The molecule has 0 unspecified atom stereocenters. The van der Waals surface area contributed by atoms with Gasteiger partial charge in [-0.05, 0) is 54.6 Å². The molecule has 0 saturated carbocycles. The van der Waals surface area contributed by atoms with Crippen LogP contribution in [-0.4, -0.2) is 34.1 Å². The van der Waals surface area contributed by atoms with Gasteiger partial charge in [0.05, 0.1) is 9.92 Å². The topological polar surface area (TPSA) is 128 Å². The Labute approximate surface area is 204 Å². The lowest BCUT2D eigenvalue weighted by Gasteiger charge is -2.08. The Kier molecular flexibility index (Phi) is 6.96. The Hall–Kier alpha value is -3.67. The van der Waals surface area contributed by atoms with Crippen molar-refractivity contribution in [2.24, 2.45) is 0 Å². The number of halogens is 2. The molecule has 34 heavy (non-hydrogen) atoms. The van der Waals surface area contributed by atoms with Gasteiger partial charge < -0.3 is 10.1 Å². The second kappa shape index (κ2) is 10.1. The summed E-state index contributed by atoms with van der Waals surface area (Å²) in [7, 11) is -3.88. The molecule has 0 spiro atoms. The van der Waals surface area contributed by atoms with Crippen LogP contribution in [0.1, 0.15) is 10.5 Å². The number of carbonyl (C=O) groups excluding carboxylic acids is 1. The molecule has 2 heterocycles. The van der Waals surface area contributed by atoms with E-state index in [0.717, 1.165) is 0 Å². The first-order chi connectivity index (χ1) is 16.3. The maximum Gasteiger partial charge on any atom is 0.276 e. The second-order valence-electron chi connectivity index (χ2n) is 6.75. The van der Waals surface area contributed by atoms with Crippen molar-refractivity contribution in [2.45, 2.75) is 11.6 Å². The minimum Gasteiger partial charge on any atom is -0.470 e. The van der Waals surface area contributed by atoms with Crippen molar-refractivity contribution in [3.8, 4) is 5.75 Å². The van der Waals surface area contributed by atoms with Gasteiger partial charge in [-0.1, -0.05) is 23.2 Å². The number of rotatable bonds is 8. The first-order valence-corrected chi connectivity index (χ1v) is 11.9. The fraction of sp³-hybridized carbons (Fsp3) is 0.0476. The number of nitrogens with one attached hydrogen (secondary N) is 2. The Bertz CT molecular complexity index is 1410. The standard InChI is InChI=1S/C21H16Cl2N6O4S/c22-14-2-7-19(17(23)12-14)33-13-29-11-8-18(27-29)20(30)26-15-3-5-16(6-4-15)34(31,32)28-21-24-9-1-10-25-21/h1-12H,13H2,(H,26,30)(H,24,25,28). The predicted molar refractivity (Wildman–Crippen MR) is 127 cm³/mol. The SMILES string of the molecule is O=C(Nc1ccc(S(=O)(=O)Nc2ncccn2)cc1)c1ccn(COc2ccc(Cl)cc2Cl)n1. The summed E-state index contributed by atoms with van der Waals surface area (Å²) in [6, 6.07) is 13.5. The van der Waals surface area contributed by atoms with Crippen LogP contribution in [0.4, 0.5) is 11.6 Å². The van der Waals surface area contributed by atoms with E-state index >= 15 is 0 Å². The van der Waals surface area contributed by atoms with Gasteiger partial charge in [-0.15, -0.1) is 0 Å². The molecular weight excluding hydrogens is 503 g/mol. The third-order valence-corrected chi connectivity index (χ3v) is 6.21. The van der Waals surface area contributed by atoms with E-state index in [1.165, 1.54) is 47.4 Å². The van der Waals surface area contributed by atoms with Gasteiger partial charge in [-0.3, -0.25) is 4.79 Å². The normalized spacial score (nSPS) is 11.1. The number of ether oxygens (including phenoxy) is 1. The number of anilines is 2. The molecule has 0 aliphatic carbocycles. The summed E-state index contributed by atoms with van der Waals surface area (Å²) in [6.07, 6.45) is 4.42. The third kappa shape index (κ3) is 5.81. The van der Waals surface area contributed by atoms with E-state index in [1.807, 2.05) is 0 Å². The number of nitrogens with zero attached hydrogens (tertiary/aromatic N) is 4. The number of hydrogen-bond donors (Lipinski definition) is 2. The highest BCUT2D eigenvalue weighted by Gasteiger charge is 2.16. The van der Waals surface area contributed by atoms with E-state index < -0.39 is 15.9 Å². The zero-order valence-electron chi connectivity index (χ0n) is 17.2. The van der Waals surface area contributed by atoms with Gasteiger partial charge in [0.25, 0.3) is 15.9 Å². The van der Waals surface area contributed by atoms with Gasteiger partial charge in [0.1, 0.15) is 5.75 Å². The van der Waals surface area contributed by atoms with Crippen molar-refractivity contribution in [2.75, 3.05) is 10.0 Å². The summed E-state index contributed by atoms with van der Waals surface area (Å²) in [4.78, 5) is 20.2. The fourth-order valence-corrected chi connectivity index (χ4v) is 4.15. The molecule has 2 aromatic heterocycles. The zero-order valence-corrected chi connectivity index (χ0v) is 19.5. The first kappa shape index (κ1) is 23.5. The summed E-state index contributed by atoms with van der Waals surface area (Å²) in [5.74, 6) is -0.0941. The van der Waals surface area contributed by atoms with Crippen LogP contribution in [0.15, 0.2) is 78.1 Å². The Balaban J connectivity index is 1.36. The largest absolute Gasteiger partial charge is 0.470 e. The highest BCUT2D eigenvalue weighted by molar-refractivity contribution is 7.92. The van der Waals surface area contributed by atoms with Gasteiger partial charge in [0, 0.05) is 29.3 Å². The van der Waals surface area contributed by atoms with Crippen molar-refractivity contribution < 1.29 is 17.9 Å². The highest BCUT2D eigenvalue weighted by Crippen LogP contribution is 2.27. The molecule has 2 N–H and O–H groups in total. The number of sulfonamides is 1. The van der Waals surface area contributed by atoms with Crippen LogP contribution in [0.3, 0.4) is 0 Å². The molecule has 0 saturated heterocycles. The smallest absolute Gasteiger partial charge is 0.276 e. The summed E-state index contributed by atoms with van der Waals surface area (Å²) in [5.41, 5.74) is 0.532. The van der Waals surface area contributed by atoms with Crippen LogP contribution in [0, 0.1) is 0 Å². The van der Waals surface area contributed by atoms with Crippen LogP contribution in [0.2, 0.25) is 10.0 Å². The van der Waals surface area contributed by atoms with E-state index in [1.54, 1.807) is 30.5 Å². The van der Waals surface area contributed by atoms with Crippen LogP contribution in [-0.2, 0) is 16.8 Å². The fourth-order valence-electron chi connectivity index (χ4n) is 2.73. The number of benzene rings is 2. The molecule has 0 bridgehead atoms. The lowest BCUT2D eigenvalue weighted by Crippen LogP contribution is -2.16. The van der Waals surface area contributed by atoms with E-state index in [2.05, 4.69) is 25.1 Å². The van der Waals surface area contributed by atoms with E-state index in [4.69, 9.17) is 27.9 Å². The summed E-state index contributed by atoms with van der Waals surface area (Å²) in [6.45, 7) is 0.0271. The molecule has 0 radical (unpaired) electrons. The Morgan fingerprint density at radius 1 is 1.03 bits per heavy atom. The Morgan fingerprint density at radius 3 is 2.47 bits per heavy atom. The lowest BCUT2D eigenvalue weighted by molar-refractivity contribution is 0.102. The minimum absolute atomic E-state index is 0.0137. The molecule has 0 atom stereocenters. The molecule has 10 nitrogen and oxygen atoms in total. The molecule has 13 heteroatoms. The molecular formula is C21H16Cl2N6O4S. The number of carbonyl (C=O) groups is 1. The van der Waals surface area contributed by atoms with Crippen molar-refractivity contribution in [1.29, 1.82) is 0 Å². The third-order valence-electron chi connectivity index (χ3n) is 4.33. The molecule has 1 amide bonds. The van der Waals surface area contributed by atoms with Gasteiger partial charge in [0.2, 0.25) is 5.95 Å². The van der Waals surface area contributed by atoms with Crippen molar-refractivity contribution in [3.63, 3.8) is 0 Å². The second-order valence-corrected chi connectivity index (χ2v) is 9.27. The average Bonchev–Trinajstić information content (AvgIpc) is 3.29. The number of hydrogen-bond acceptors (Lipinski definition) is 7. The molecule has 2 aromatic carbocycles. The van der Waals surface area contributed by atoms with Crippen LogP contribution >= 0.6 is 23.2 Å². The van der Waals surface area contributed by atoms with Crippen LogP contribution in [0.5, 0.6) is 5.75 Å². The van der Waals surface area contributed by atoms with E-state index in [0.29, 0.717) is 21.5 Å². The molecule has 174 valence electrons. The maximum atomic E-state index is 12.5. The van der Waals surface area contributed by atoms with Crippen LogP contribution in [0.25, 0.3) is 0 Å². The van der Waals surface area contributed by atoms with Gasteiger partial charge >= 0.3 is 0 Å². The number of aromatic nitrogens is 4. The molecule has 0 fully saturated rings. The predicted octanol–water partition coefficient (Wildman–Crippen LogP) is 4.07. The highest BCUT2D eigenvalue weighted by atomic mass is 35.5. The van der Waals surface area contributed by atoms with Gasteiger partial charge in [0.15, 0.2) is 12.4 Å². The first-order valence-electron chi connectivity index (χ1n) is 9.63. The summed E-state index contributed by atoms with van der Waals surface area (Å²) >= 11 is 11.9. The minimum atomic E-state index is -3.88. The molecule has 4 rings (SSSR count). The van der Waals surface area contributed by atoms with Gasteiger partial charge in [-0.25, -0.2) is 27.8 Å².